The number of fused-ring (bicyclic) bond motifs is 5. The van der Waals surface area contributed by atoms with Crippen LogP contribution in [0.5, 0.6) is 0 Å². The lowest BCUT2D eigenvalue weighted by Crippen LogP contribution is -2.56. The normalized spacial score (nSPS) is 54.6. The molecule has 4 aliphatic carbocycles. The highest BCUT2D eigenvalue weighted by Gasteiger charge is 2.61. The summed E-state index contributed by atoms with van der Waals surface area (Å²) in [7, 11) is 0. The Bertz CT molecular complexity index is 527. The fourth-order valence-corrected chi connectivity index (χ4v) is 6.69. The molecule has 0 spiro atoms. The SMILES string of the molecule is C[C@]12CC[C@H]3[C@@H](C(=O)C[C@H]4C[C@@H](O)CC[C@@]43C)[C@@H]1CC(=O)C2. The molecule has 0 aromatic rings. The number of Topliss-reactive ketones (excluding diaryl/α,β-unsaturated/α-hetero) is 2. The third-order valence-corrected chi connectivity index (χ3v) is 8.01. The van der Waals surface area contributed by atoms with Crippen LogP contribution in [-0.4, -0.2) is 22.8 Å². The molecule has 0 radical (unpaired) electrons. The Morgan fingerprint density at radius 3 is 2.59 bits per heavy atom. The van der Waals surface area contributed by atoms with E-state index in [0.29, 0.717) is 42.7 Å². The van der Waals surface area contributed by atoms with E-state index in [2.05, 4.69) is 13.8 Å². The quantitative estimate of drug-likeness (QED) is 0.748. The Labute approximate surface area is 132 Å². The average molecular weight is 304 g/mol. The number of carbonyl (C=O) groups excluding carboxylic acids is 2. The smallest absolute Gasteiger partial charge is 0.136 e. The molecule has 0 amide bonds. The van der Waals surface area contributed by atoms with Crippen LogP contribution in [0.25, 0.3) is 0 Å². The molecule has 0 bridgehead atoms. The largest absolute Gasteiger partial charge is 0.393 e. The maximum Gasteiger partial charge on any atom is 0.136 e. The third kappa shape index (κ3) is 1.90. The fraction of sp³-hybridized carbons (Fsp3) is 0.895. The molecule has 3 nitrogen and oxygen atoms in total. The summed E-state index contributed by atoms with van der Waals surface area (Å²) >= 11 is 0. The zero-order chi connectivity index (χ0) is 15.7. The third-order valence-electron chi connectivity index (χ3n) is 8.01. The first-order chi connectivity index (χ1) is 10.3. The van der Waals surface area contributed by atoms with Crippen molar-refractivity contribution >= 4 is 11.6 Å². The second kappa shape index (κ2) is 4.66. The maximum atomic E-state index is 12.9. The highest BCUT2D eigenvalue weighted by atomic mass is 16.3. The predicted octanol–water partition coefficient (Wildman–Crippen LogP) is 3.14. The van der Waals surface area contributed by atoms with E-state index < -0.39 is 0 Å². The molecule has 4 rings (SSSR count). The van der Waals surface area contributed by atoms with E-state index in [4.69, 9.17) is 0 Å². The van der Waals surface area contributed by atoms with E-state index in [1.54, 1.807) is 0 Å². The van der Waals surface area contributed by atoms with E-state index >= 15 is 0 Å². The van der Waals surface area contributed by atoms with Crippen molar-refractivity contribution in [1.29, 1.82) is 0 Å². The lowest BCUT2D eigenvalue weighted by molar-refractivity contribution is -0.158. The van der Waals surface area contributed by atoms with E-state index in [1.165, 1.54) is 0 Å². The monoisotopic (exact) mass is 304 g/mol. The zero-order valence-corrected chi connectivity index (χ0v) is 13.8. The van der Waals surface area contributed by atoms with Crippen LogP contribution in [0.1, 0.15) is 65.2 Å². The molecule has 122 valence electrons. The Morgan fingerprint density at radius 2 is 1.82 bits per heavy atom. The van der Waals surface area contributed by atoms with Gasteiger partial charge in [0.15, 0.2) is 0 Å². The van der Waals surface area contributed by atoms with Gasteiger partial charge in [0.05, 0.1) is 6.10 Å². The maximum absolute atomic E-state index is 12.9. The molecule has 4 saturated carbocycles. The molecule has 0 aromatic heterocycles. The molecular weight excluding hydrogens is 276 g/mol. The molecule has 0 aliphatic heterocycles. The Kier molecular flexibility index (Phi) is 3.15. The number of hydrogen-bond acceptors (Lipinski definition) is 3. The van der Waals surface area contributed by atoms with Crippen molar-refractivity contribution in [2.45, 2.75) is 71.3 Å². The topological polar surface area (TPSA) is 54.4 Å². The van der Waals surface area contributed by atoms with Gasteiger partial charge in [-0.2, -0.15) is 0 Å². The lowest BCUT2D eigenvalue weighted by Gasteiger charge is -2.59. The van der Waals surface area contributed by atoms with E-state index in [9.17, 15) is 14.7 Å². The molecule has 7 atom stereocenters. The number of aliphatic hydroxyl groups is 1. The summed E-state index contributed by atoms with van der Waals surface area (Å²) < 4.78 is 0. The second-order valence-electron chi connectivity index (χ2n) is 9.15. The summed E-state index contributed by atoms with van der Waals surface area (Å²) in [5.74, 6) is 1.96. The van der Waals surface area contributed by atoms with Crippen molar-refractivity contribution in [2.24, 2.45) is 34.5 Å². The van der Waals surface area contributed by atoms with Crippen LogP contribution in [0.4, 0.5) is 0 Å². The first kappa shape index (κ1) is 14.9. The summed E-state index contributed by atoms with van der Waals surface area (Å²) in [5, 5.41) is 10.0. The molecule has 0 saturated heterocycles. The Balaban J connectivity index is 1.70. The minimum absolute atomic E-state index is 0.0747. The van der Waals surface area contributed by atoms with Crippen molar-refractivity contribution in [1.82, 2.24) is 0 Å². The molecule has 22 heavy (non-hydrogen) atoms. The molecule has 0 heterocycles. The van der Waals surface area contributed by atoms with Crippen molar-refractivity contribution in [2.75, 3.05) is 0 Å². The minimum atomic E-state index is -0.218. The summed E-state index contributed by atoms with van der Waals surface area (Å²) in [4.78, 5) is 25.0. The summed E-state index contributed by atoms with van der Waals surface area (Å²) in [6, 6.07) is 0. The molecule has 0 aromatic carbocycles. The van der Waals surface area contributed by atoms with Gasteiger partial charge in [-0.1, -0.05) is 13.8 Å². The minimum Gasteiger partial charge on any atom is -0.393 e. The molecule has 4 fully saturated rings. The van der Waals surface area contributed by atoms with Crippen molar-refractivity contribution in [3.05, 3.63) is 0 Å². The van der Waals surface area contributed by atoms with Crippen LogP contribution >= 0.6 is 0 Å². The van der Waals surface area contributed by atoms with Crippen LogP contribution in [0.15, 0.2) is 0 Å². The summed E-state index contributed by atoms with van der Waals surface area (Å²) in [6.07, 6.45) is 6.66. The molecule has 3 heteroatoms. The summed E-state index contributed by atoms with van der Waals surface area (Å²) in [6.45, 7) is 4.61. The van der Waals surface area contributed by atoms with Gasteiger partial charge in [0.1, 0.15) is 11.6 Å². The van der Waals surface area contributed by atoms with Gasteiger partial charge in [-0.3, -0.25) is 9.59 Å². The van der Waals surface area contributed by atoms with E-state index in [-0.39, 0.29) is 28.8 Å². The predicted molar refractivity (Wildman–Crippen MR) is 83.1 cm³/mol. The van der Waals surface area contributed by atoms with Crippen LogP contribution in [-0.2, 0) is 9.59 Å². The van der Waals surface area contributed by atoms with Gasteiger partial charge in [-0.05, 0) is 60.7 Å². The summed E-state index contributed by atoms with van der Waals surface area (Å²) in [5.41, 5.74) is 0.274. The molecule has 0 unspecified atom stereocenters. The van der Waals surface area contributed by atoms with Gasteiger partial charge >= 0.3 is 0 Å². The molecule has 4 aliphatic rings. The van der Waals surface area contributed by atoms with Crippen molar-refractivity contribution < 1.29 is 14.7 Å². The molecule has 1 N–H and O–H groups in total. The van der Waals surface area contributed by atoms with Gasteiger partial charge < -0.3 is 5.11 Å². The van der Waals surface area contributed by atoms with Gasteiger partial charge in [-0.15, -0.1) is 0 Å². The first-order valence-electron chi connectivity index (χ1n) is 9.06. The zero-order valence-electron chi connectivity index (χ0n) is 13.8. The van der Waals surface area contributed by atoms with Crippen molar-refractivity contribution in [3.63, 3.8) is 0 Å². The lowest BCUT2D eigenvalue weighted by atomic mass is 9.45. The van der Waals surface area contributed by atoms with E-state index in [0.717, 1.165) is 32.1 Å². The van der Waals surface area contributed by atoms with Gasteiger partial charge in [0.25, 0.3) is 0 Å². The Hall–Kier alpha value is -0.700. The Morgan fingerprint density at radius 1 is 1.05 bits per heavy atom. The number of rotatable bonds is 0. The first-order valence-corrected chi connectivity index (χ1v) is 9.06. The average Bonchev–Trinajstić information content (AvgIpc) is 2.75. The number of carbonyl (C=O) groups is 2. The van der Waals surface area contributed by atoms with Gasteiger partial charge in [0.2, 0.25) is 0 Å². The van der Waals surface area contributed by atoms with Crippen LogP contribution in [0.2, 0.25) is 0 Å². The standard InChI is InChI=1S/C19H28O3/c1-18-5-4-14-17(15(18)9-13(21)10-18)16(22)8-11-7-12(20)3-6-19(11,14)2/h11-12,14-15,17,20H,3-10H2,1-2H3/t11-,12+,14+,15+,17-,18-,19+/m1/s1. The fourth-order valence-electron chi connectivity index (χ4n) is 6.69. The van der Waals surface area contributed by atoms with Gasteiger partial charge in [-0.25, -0.2) is 0 Å². The molecular formula is C19H28O3. The number of ketones is 2. The van der Waals surface area contributed by atoms with Gasteiger partial charge in [0, 0.05) is 25.2 Å². The van der Waals surface area contributed by atoms with Crippen molar-refractivity contribution in [3.8, 4) is 0 Å². The van der Waals surface area contributed by atoms with Crippen LogP contribution in [0, 0.1) is 34.5 Å². The highest BCUT2D eigenvalue weighted by Crippen LogP contribution is 2.64. The second-order valence-corrected chi connectivity index (χ2v) is 9.15. The number of aliphatic hydroxyl groups excluding tert-OH is 1. The highest BCUT2D eigenvalue weighted by molar-refractivity contribution is 5.87. The number of hydrogen-bond donors (Lipinski definition) is 1. The van der Waals surface area contributed by atoms with Crippen LogP contribution < -0.4 is 0 Å². The van der Waals surface area contributed by atoms with Crippen LogP contribution in [0.3, 0.4) is 0 Å². The van der Waals surface area contributed by atoms with E-state index in [1.807, 2.05) is 0 Å².